The number of rotatable bonds is 8. The monoisotopic (exact) mass is 393 g/mol. The van der Waals surface area contributed by atoms with E-state index in [1.807, 2.05) is 44.2 Å². The minimum absolute atomic E-state index is 0.0211. The second-order valence-electron chi connectivity index (χ2n) is 6.12. The Bertz CT molecular complexity index is 772. The van der Waals surface area contributed by atoms with Crippen molar-refractivity contribution in [2.75, 3.05) is 0 Å². The third kappa shape index (κ3) is 6.00. The Labute approximate surface area is 161 Å². The van der Waals surface area contributed by atoms with Gasteiger partial charge in [-0.3, -0.25) is 4.79 Å². The summed E-state index contributed by atoms with van der Waals surface area (Å²) in [5.41, 5.74) is 1.08. The molecule has 2 aromatic rings. The standard InChI is InChI=1S/C18H20ClN3O3S/c1-11(2)8-14(17(24)25)21-16(23)15-13(19)9-20-18(22-15)26-10-12-6-4-3-5-7-12/h3-7,9,11,14H,8,10H2,1-2H3,(H,21,23)(H,24,25)/t14-/m0/s1. The second kappa shape index (κ2) is 9.54. The number of halogens is 1. The number of carbonyl (C=O) groups is 2. The predicted molar refractivity (Wildman–Crippen MR) is 101 cm³/mol. The second-order valence-corrected chi connectivity index (χ2v) is 7.47. The van der Waals surface area contributed by atoms with Crippen molar-refractivity contribution in [1.29, 1.82) is 0 Å². The number of aliphatic carboxylic acids is 1. The Morgan fingerprint density at radius 1 is 1.27 bits per heavy atom. The molecule has 0 aliphatic carbocycles. The van der Waals surface area contributed by atoms with E-state index in [1.54, 1.807) is 0 Å². The zero-order valence-corrected chi connectivity index (χ0v) is 16.0. The summed E-state index contributed by atoms with van der Waals surface area (Å²) in [7, 11) is 0. The molecule has 0 unspecified atom stereocenters. The van der Waals surface area contributed by atoms with Crippen molar-refractivity contribution < 1.29 is 14.7 Å². The molecule has 0 aliphatic rings. The molecule has 0 radical (unpaired) electrons. The lowest BCUT2D eigenvalue weighted by molar-refractivity contribution is -0.139. The molecule has 2 N–H and O–H groups in total. The smallest absolute Gasteiger partial charge is 0.326 e. The first-order valence-electron chi connectivity index (χ1n) is 8.09. The molecule has 8 heteroatoms. The van der Waals surface area contributed by atoms with Crippen molar-refractivity contribution in [2.45, 2.75) is 37.2 Å². The van der Waals surface area contributed by atoms with Gasteiger partial charge in [0.05, 0.1) is 11.2 Å². The van der Waals surface area contributed by atoms with Gasteiger partial charge < -0.3 is 10.4 Å². The molecule has 0 saturated carbocycles. The fraction of sp³-hybridized carbons (Fsp3) is 0.333. The molecule has 0 bridgehead atoms. The number of aromatic nitrogens is 2. The molecule has 2 rings (SSSR count). The molecule has 1 atom stereocenters. The van der Waals surface area contributed by atoms with E-state index in [9.17, 15) is 14.7 Å². The van der Waals surface area contributed by atoms with Crippen LogP contribution in [0, 0.1) is 5.92 Å². The number of hydrogen-bond donors (Lipinski definition) is 2. The van der Waals surface area contributed by atoms with Gasteiger partial charge in [-0.25, -0.2) is 14.8 Å². The van der Waals surface area contributed by atoms with E-state index >= 15 is 0 Å². The van der Waals surface area contributed by atoms with Crippen LogP contribution >= 0.6 is 23.4 Å². The lowest BCUT2D eigenvalue weighted by Gasteiger charge is -2.16. The van der Waals surface area contributed by atoms with E-state index in [4.69, 9.17) is 11.6 Å². The SMILES string of the molecule is CC(C)C[C@H](NC(=O)c1nc(SCc2ccccc2)ncc1Cl)C(=O)O. The van der Waals surface area contributed by atoms with Crippen LogP contribution in [0.1, 0.15) is 36.3 Å². The first-order chi connectivity index (χ1) is 12.4. The Balaban J connectivity index is 2.10. The number of nitrogens with one attached hydrogen (secondary N) is 1. The van der Waals surface area contributed by atoms with Crippen LogP contribution in [0.3, 0.4) is 0 Å². The fourth-order valence-corrected chi connectivity index (χ4v) is 3.17. The van der Waals surface area contributed by atoms with Crippen molar-refractivity contribution in [3.05, 3.63) is 52.8 Å². The highest BCUT2D eigenvalue weighted by Gasteiger charge is 2.24. The molecule has 1 heterocycles. The van der Waals surface area contributed by atoms with Gasteiger partial charge >= 0.3 is 5.97 Å². The molecule has 0 saturated heterocycles. The molecule has 6 nitrogen and oxygen atoms in total. The van der Waals surface area contributed by atoms with Crippen molar-refractivity contribution in [3.63, 3.8) is 0 Å². The first kappa shape index (κ1) is 20.2. The van der Waals surface area contributed by atoms with Crippen molar-refractivity contribution in [1.82, 2.24) is 15.3 Å². The Kier molecular flexibility index (Phi) is 7.41. The average molecular weight is 394 g/mol. The van der Waals surface area contributed by atoms with Gasteiger partial charge in [-0.1, -0.05) is 67.5 Å². The zero-order valence-electron chi connectivity index (χ0n) is 14.5. The van der Waals surface area contributed by atoms with E-state index in [2.05, 4.69) is 15.3 Å². The summed E-state index contributed by atoms with van der Waals surface area (Å²) < 4.78 is 0. The van der Waals surface area contributed by atoms with Crippen LogP contribution in [-0.4, -0.2) is 33.0 Å². The molecular weight excluding hydrogens is 374 g/mol. The summed E-state index contributed by atoms with van der Waals surface area (Å²) >= 11 is 7.41. The van der Waals surface area contributed by atoms with Gasteiger partial charge in [0.25, 0.3) is 5.91 Å². The third-order valence-electron chi connectivity index (χ3n) is 3.46. The van der Waals surface area contributed by atoms with Crippen molar-refractivity contribution in [2.24, 2.45) is 5.92 Å². The highest BCUT2D eigenvalue weighted by Crippen LogP contribution is 2.22. The van der Waals surface area contributed by atoms with Gasteiger partial charge in [0.1, 0.15) is 6.04 Å². The van der Waals surface area contributed by atoms with Crippen LogP contribution in [0.2, 0.25) is 5.02 Å². The quantitative estimate of drug-likeness (QED) is 0.525. The zero-order chi connectivity index (χ0) is 19.1. The van der Waals surface area contributed by atoms with Crippen LogP contribution in [-0.2, 0) is 10.5 Å². The molecule has 0 spiro atoms. The molecule has 0 aliphatic heterocycles. The summed E-state index contributed by atoms with van der Waals surface area (Å²) in [5.74, 6) is -0.938. The maximum Gasteiger partial charge on any atom is 0.326 e. The number of benzene rings is 1. The number of nitrogens with zero attached hydrogens (tertiary/aromatic N) is 2. The van der Waals surface area contributed by atoms with Gasteiger partial charge in [0.15, 0.2) is 10.9 Å². The van der Waals surface area contributed by atoms with Gasteiger partial charge in [-0.15, -0.1) is 0 Å². The lowest BCUT2D eigenvalue weighted by Crippen LogP contribution is -2.42. The minimum Gasteiger partial charge on any atom is -0.480 e. The van der Waals surface area contributed by atoms with E-state index in [1.165, 1.54) is 18.0 Å². The van der Waals surface area contributed by atoms with Crippen LogP contribution in [0.15, 0.2) is 41.7 Å². The summed E-state index contributed by atoms with van der Waals surface area (Å²) in [5, 5.41) is 12.2. The number of carbonyl (C=O) groups excluding carboxylic acids is 1. The summed E-state index contributed by atoms with van der Waals surface area (Å²) in [6, 6.07) is 8.80. The van der Waals surface area contributed by atoms with Crippen molar-refractivity contribution in [3.8, 4) is 0 Å². The summed E-state index contributed by atoms with van der Waals surface area (Å²) in [6.45, 7) is 3.77. The molecule has 138 valence electrons. The third-order valence-corrected chi connectivity index (χ3v) is 4.67. The number of amides is 1. The first-order valence-corrected chi connectivity index (χ1v) is 9.46. The Morgan fingerprint density at radius 3 is 2.58 bits per heavy atom. The van der Waals surface area contributed by atoms with Gasteiger partial charge in [0.2, 0.25) is 0 Å². The molecule has 1 amide bonds. The van der Waals surface area contributed by atoms with Crippen LogP contribution in [0.25, 0.3) is 0 Å². The molecule has 1 aromatic heterocycles. The Hall–Kier alpha value is -2.12. The van der Waals surface area contributed by atoms with E-state index in [0.29, 0.717) is 17.3 Å². The minimum atomic E-state index is -1.09. The number of carboxylic acids is 1. The van der Waals surface area contributed by atoms with Crippen LogP contribution in [0.5, 0.6) is 0 Å². The van der Waals surface area contributed by atoms with Crippen LogP contribution < -0.4 is 5.32 Å². The maximum atomic E-state index is 12.4. The summed E-state index contributed by atoms with van der Waals surface area (Å²) in [4.78, 5) is 32.1. The number of thioether (sulfide) groups is 1. The lowest BCUT2D eigenvalue weighted by atomic mass is 10.0. The maximum absolute atomic E-state index is 12.4. The van der Waals surface area contributed by atoms with Gasteiger partial charge in [0, 0.05) is 5.75 Å². The van der Waals surface area contributed by atoms with Gasteiger partial charge in [-0.2, -0.15) is 0 Å². The molecule has 0 fully saturated rings. The van der Waals surface area contributed by atoms with Gasteiger partial charge in [-0.05, 0) is 17.9 Å². The normalized spacial score (nSPS) is 12.0. The topological polar surface area (TPSA) is 92.2 Å². The van der Waals surface area contributed by atoms with E-state index in [0.717, 1.165) is 5.56 Å². The van der Waals surface area contributed by atoms with Crippen molar-refractivity contribution >= 4 is 35.2 Å². The number of hydrogen-bond acceptors (Lipinski definition) is 5. The number of carboxylic acid groups (broad SMARTS) is 1. The Morgan fingerprint density at radius 2 is 1.96 bits per heavy atom. The average Bonchev–Trinajstić information content (AvgIpc) is 2.60. The fourth-order valence-electron chi connectivity index (χ4n) is 2.22. The highest BCUT2D eigenvalue weighted by atomic mass is 35.5. The van der Waals surface area contributed by atoms with E-state index in [-0.39, 0.29) is 16.6 Å². The largest absolute Gasteiger partial charge is 0.480 e. The highest BCUT2D eigenvalue weighted by molar-refractivity contribution is 7.98. The van der Waals surface area contributed by atoms with Crippen LogP contribution in [0.4, 0.5) is 0 Å². The molecule has 26 heavy (non-hydrogen) atoms. The van der Waals surface area contributed by atoms with E-state index < -0.39 is 17.9 Å². The summed E-state index contributed by atoms with van der Waals surface area (Å²) in [6.07, 6.45) is 1.68. The molecule has 1 aromatic carbocycles. The molecular formula is C18H20ClN3O3S. The predicted octanol–water partition coefficient (Wildman–Crippen LogP) is 3.65.